The van der Waals surface area contributed by atoms with Crippen molar-refractivity contribution in [1.29, 1.82) is 0 Å². The second kappa shape index (κ2) is 10.9. The quantitative estimate of drug-likeness (QED) is 0.642. The number of pyridine rings is 1. The van der Waals surface area contributed by atoms with E-state index in [-0.39, 0.29) is 35.0 Å². The molecule has 1 saturated heterocycles. The second-order valence-corrected chi connectivity index (χ2v) is 10.3. The van der Waals surface area contributed by atoms with Crippen LogP contribution in [-0.2, 0) is 6.54 Å². The number of benzene rings is 1. The zero-order valence-corrected chi connectivity index (χ0v) is 21.1. The minimum Gasteiger partial charge on any atom is -0.496 e. The van der Waals surface area contributed by atoms with E-state index in [1.165, 1.54) is 6.42 Å². The number of ether oxygens (including phenoxy) is 1. The van der Waals surface area contributed by atoms with Crippen LogP contribution in [0.5, 0.6) is 5.75 Å². The molecule has 1 N–H and O–H groups in total. The number of hydrogen-bond acceptors (Lipinski definition) is 5. The first kappa shape index (κ1) is 24.6. The Balaban J connectivity index is 1.29. The van der Waals surface area contributed by atoms with E-state index in [2.05, 4.69) is 16.3 Å². The van der Waals surface area contributed by atoms with Gasteiger partial charge in [0.05, 0.1) is 7.11 Å². The number of para-hydroxylation sites is 1. The first-order valence-electron chi connectivity index (χ1n) is 13.2. The lowest BCUT2D eigenvalue weighted by Gasteiger charge is -2.35. The molecule has 0 spiro atoms. The van der Waals surface area contributed by atoms with E-state index >= 15 is 0 Å². The molecule has 0 radical (unpaired) electrons. The first-order chi connectivity index (χ1) is 17.5. The van der Waals surface area contributed by atoms with Gasteiger partial charge in [0.2, 0.25) is 5.43 Å². The van der Waals surface area contributed by atoms with Gasteiger partial charge in [-0.1, -0.05) is 37.5 Å². The predicted octanol–water partition coefficient (Wildman–Crippen LogP) is 3.21. The van der Waals surface area contributed by atoms with Crippen LogP contribution in [0.1, 0.15) is 77.3 Å². The zero-order valence-electron chi connectivity index (χ0n) is 21.1. The van der Waals surface area contributed by atoms with Crippen LogP contribution in [0.2, 0.25) is 0 Å². The normalized spacial score (nSPS) is 19.2. The number of aromatic nitrogens is 1. The summed E-state index contributed by atoms with van der Waals surface area (Å²) < 4.78 is 7.38. The van der Waals surface area contributed by atoms with Crippen molar-refractivity contribution < 1.29 is 14.3 Å². The molecular weight excluding hydrogens is 456 g/mol. The summed E-state index contributed by atoms with van der Waals surface area (Å²) in [4.78, 5) is 44.0. The maximum atomic E-state index is 13.5. The summed E-state index contributed by atoms with van der Waals surface area (Å²) in [5.41, 5.74) is 0.856. The standard InChI is InChI=1S/C28H36N4O4/c1-36-25-10-6-5-7-20(25)17-30-13-15-31(16-14-30)28(35)24-19-32(22-11-12-22)18-23(26(24)33)27(34)29-21-8-3-2-4-9-21/h5-7,10,18-19,21-22H,2-4,8-9,11-17H2,1H3,(H,29,34). The summed E-state index contributed by atoms with van der Waals surface area (Å²) in [5, 5.41) is 3.05. The molecular formula is C28H36N4O4. The topological polar surface area (TPSA) is 83.9 Å². The minimum absolute atomic E-state index is 0.0909. The number of nitrogens with zero attached hydrogens (tertiary/aromatic N) is 3. The third kappa shape index (κ3) is 5.48. The molecule has 2 saturated carbocycles. The highest BCUT2D eigenvalue weighted by molar-refractivity contribution is 5.99. The van der Waals surface area contributed by atoms with Crippen LogP contribution in [0.4, 0.5) is 0 Å². The van der Waals surface area contributed by atoms with E-state index in [4.69, 9.17) is 4.74 Å². The van der Waals surface area contributed by atoms with Gasteiger partial charge in [-0.25, -0.2) is 0 Å². The van der Waals surface area contributed by atoms with Gasteiger partial charge in [0.1, 0.15) is 16.9 Å². The Morgan fingerprint density at radius 1 is 0.944 bits per heavy atom. The highest BCUT2D eigenvalue weighted by Gasteiger charge is 2.30. The maximum absolute atomic E-state index is 13.5. The Morgan fingerprint density at radius 2 is 1.64 bits per heavy atom. The summed E-state index contributed by atoms with van der Waals surface area (Å²) in [6.07, 6.45) is 10.6. The lowest BCUT2D eigenvalue weighted by molar-refractivity contribution is 0.0625. The van der Waals surface area contributed by atoms with Crippen molar-refractivity contribution in [3.63, 3.8) is 0 Å². The van der Waals surface area contributed by atoms with Crippen molar-refractivity contribution in [2.75, 3.05) is 33.3 Å². The minimum atomic E-state index is -0.457. The van der Waals surface area contributed by atoms with Crippen LogP contribution in [0.3, 0.4) is 0 Å². The molecule has 1 aromatic carbocycles. The first-order valence-corrected chi connectivity index (χ1v) is 13.2. The fraction of sp³-hybridized carbons (Fsp3) is 0.536. The number of hydrogen-bond donors (Lipinski definition) is 1. The number of carbonyl (C=O) groups is 2. The van der Waals surface area contributed by atoms with Crippen molar-refractivity contribution in [1.82, 2.24) is 19.7 Å². The highest BCUT2D eigenvalue weighted by atomic mass is 16.5. The van der Waals surface area contributed by atoms with Gasteiger partial charge in [0.15, 0.2) is 0 Å². The number of methoxy groups -OCH3 is 1. The molecule has 5 rings (SSSR count). The summed E-state index contributed by atoms with van der Waals surface area (Å²) >= 11 is 0. The van der Waals surface area contributed by atoms with E-state index in [0.29, 0.717) is 26.2 Å². The van der Waals surface area contributed by atoms with E-state index in [9.17, 15) is 14.4 Å². The molecule has 2 aliphatic carbocycles. The van der Waals surface area contributed by atoms with Crippen molar-refractivity contribution >= 4 is 11.8 Å². The van der Waals surface area contributed by atoms with Crippen molar-refractivity contribution in [3.05, 3.63) is 63.6 Å². The van der Waals surface area contributed by atoms with Gasteiger partial charge >= 0.3 is 0 Å². The Bertz CT molecular complexity index is 1160. The van der Waals surface area contributed by atoms with Crippen LogP contribution in [-0.4, -0.2) is 65.5 Å². The van der Waals surface area contributed by atoms with E-state index in [0.717, 1.165) is 56.4 Å². The second-order valence-electron chi connectivity index (χ2n) is 10.3. The van der Waals surface area contributed by atoms with E-state index in [1.54, 1.807) is 24.4 Å². The third-order valence-electron chi connectivity index (χ3n) is 7.68. The van der Waals surface area contributed by atoms with Crippen LogP contribution < -0.4 is 15.5 Å². The molecule has 2 heterocycles. The molecule has 1 aliphatic heterocycles. The van der Waals surface area contributed by atoms with Gasteiger partial charge < -0.3 is 19.5 Å². The largest absolute Gasteiger partial charge is 0.496 e. The molecule has 2 amide bonds. The Hall–Kier alpha value is -3.13. The van der Waals surface area contributed by atoms with Gasteiger partial charge in [0.25, 0.3) is 11.8 Å². The SMILES string of the molecule is COc1ccccc1CN1CCN(C(=O)c2cn(C3CC3)cc(C(=O)NC3CCCCC3)c2=O)CC1. The summed E-state index contributed by atoms with van der Waals surface area (Å²) in [5.74, 6) is 0.233. The number of amides is 2. The average Bonchev–Trinajstić information content (AvgIpc) is 3.75. The molecule has 192 valence electrons. The van der Waals surface area contributed by atoms with Gasteiger partial charge in [-0.2, -0.15) is 0 Å². The number of nitrogens with one attached hydrogen (secondary N) is 1. The van der Waals surface area contributed by atoms with E-state index in [1.807, 2.05) is 22.8 Å². The monoisotopic (exact) mass is 492 g/mol. The summed E-state index contributed by atoms with van der Waals surface area (Å²) in [6, 6.07) is 8.33. The maximum Gasteiger partial charge on any atom is 0.259 e. The predicted molar refractivity (Wildman–Crippen MR) is 137 cm³/mol. The van der Waals surface area contributed by atoms with Crippen LogP contribution >= 0.6 is 0 Å². The molecule has 3 aliphatic rings. The zero-order chi connectivity index (χ0) is 25.1. The average molecular weight is 493 g/mol. The number of piperazine rings is 1. The molecule has 1 aromatic heterocycles. The molecule has 8 nitrogen and oxygen atoms in total. The summed E-state index contributed by atoms with van der Waals surface area (Å²) in [7, 11) is 1.67. The third-order valence-corrected chi connectivity index (χ3v) is 7.68. The van der Waals surface area contributed by atoms with Crippen LogP contribution in [0.15, 0.2) is 41.5 Å². The van der Waals surface area contributed by atoms with Gasteiger partial charge in [-0.3, -0.25) is 19.3 Å². The Labute approximate surface area is 212 Å². The fourth-order valence-electron chi connectivity index (χ4n) is 5.36. The molecule has 8 heteroatoms. The molecule has 36 heavy (non-hydrogen) atoms. The highest BCUT2D eigenvalue weighted by Crippen LogP contribution is 2.34. The van der Waals surface area contributed by atoms with Gasteiger partial charge in [-0.15, -0.1) is 0 Å². The van der Waals surface area contributed by atoms with Gasteiger partial charge in [-0.05, 0) is 31.7 Å². The van der Waals surface area contributed by atoms with Crippen LogP contribution in [0, 0.1) is 0 Å². The molecule has 0 unspecified atom stereocenters. The smallest absolute Gasteiger partial charge is 0.259 e. The molecule has 0 bridgehead atoms. The lowest BCUT2D eigenvalue weighted by Crippen LogP contribution is -2.49. The van der Waals surface area contributed by atoms with Crippen molar-refractivity contribution in [2.45, 2.75) is 63.6 Å². The van der Waals surface area contributed by atoms with Crippen molar-refractivity contribution in [3.8, 4) is 5.75 Å². The lowest BCUT2D eigenvalue weighted by atomic mass is 9.95. The fourth-order valence-corrected chi connectivity index (χ4v) is 5.36. The number of carbonyl (C=O) groups excluding carboxylic acids is 2. The Kier molecular flexibility index (Phi) is 7.41. The summed E-state index contributed by atoms with van der Waals surface area (Å²) in [6.45, 7) is 3.24. The van der Waals surface area contributed by atoms with E-state index < -0.39 is 5.43 Å². The van der Waals surface area contributed by atoms with Crippen molar-refractivity contribution in [2.24, 2.45) is 0 Å². The molecule has 3 fully saturated rings. The van der Waals surface area contributed by atoms with Gasteiger partial charge in [0, 0.05) is 62.8 Å². The Morgan fingerprint density at radius 3 is 2.33 bits per heavy atom. The number of rotatable bonds is 7. The molecule has 2 aromatic rings. The van der Waals surface area contributed by atoms with Crippen LogP contribution in [0.25, 0.3) is 0 Å². The molecule has 0 atom stereocenters.